The highest BCUT2D eigenvalue weighted by Crippen LogP contribution is 2.43. The second-order valence-electron chi connectivity index (χ2n) is 9.58. The molecule has 15 heteroatoms. The average molecular weight is 637 g/mol. The maximum absolute atomic E-state index is 14.1. The van der Waals surface area contributed by atoms with Crippen LogP contribution in [0.5, 0.6) is 11.5 Å². The Balaban J connectivity index is 1.81. The van der Waals surface area contributed by atoms with Crippen molar-refractivity contribution in [3.63, 3.8) is 0 Å². The molecule has 0 saturated carbocycles. The van der Waals surface area contributed by atoms with Gasteiger partial charge in [-0.1, -0.05) is 24.3 Å². The first-order chi connectivity index (χ1) is 20.5. The van der Waals surface area contributed by atoms with Gasteiger partial charge < -0.3 is 20.1 Å². The number of nitrogens with one attached hydrogen (secondary N) is 2. The summed E-state index contributed by atoms with van der Waals surface area (Å²) in [5, 5.41) is 7.39. The van der Waals surface area contributed by atoms with Crippen molar-refractivity contribution in [1.82, 2.24) is 19.5 Å². The summed E-state index contributed by atoms with van der Waals surface area (Å²) in [6, 6.07) is 13.4. The number of aromatic nitrogens is 1. The van der Waals surface area contributed by atoms with E-state index in [0.717, 1.165) is 0 Å². The minimum atomic E-state index is -5.44. The molecule has 0 bridgehead atoms. The molecular formula is C28H27F3N4O6S2. The van der Waals surface area contributed by atoms with E-state index in [1.807, 2.05) is 4.90 Å². The number of esters is 1. The summed E-state index contributed by atoms with van der Waals surface area (Å²) < 4.78 is 80.1. The Labute approximate surface area is 249 Å². The third-order valence-electron chi connectivity index (χ3n) is 6.85. The minimum Gasteiger partial charge on any atom is -0.496 e. The van der Waals surface area contributed by atoms with Crippen LogP contribution in [0.1, 0.15) is 20.9 Å². The second kappa shape index (κ2) is 12.4. The molecule has 4 aromatic rings. The van der Waals surface area contributed by atoms with E-state index in [9.17, 15) is 31.2 Å². The molecule has 43 heavy (non-hydrogen) atoms. The van der Waals surface area contributed by atoms with E-state index in [4.69, 9.17) is 9.47 Å². The lowest BCUT2D eigenvalue weighted by Gasteiger charge is -2.28. The quantitative estimate of drug-likeness (QED) is 0.267. The lowest BCUT2D eigenvalue weighted by Crippen LogP contribution is -2.43. The number of amides is 1. The number of carbonyl (C=O) groups excluding carboxylic acids is 2. The number of benzene rings is 2. The maximum Gasteiger partial charge on any atom is 0.491 e. The van der Waals surface area contributed by atoms with Crippen LogP contribution in [0.3, 0.4) is 0 Å². The lowest BCUT2D eigenvalue weighted by atomic mass is 10.1. The summed E-state index contributed by atoms with van der Waals surface area (Å²) >= 11 is 1.32. The summed E-state index contributed by atoms with van der Waals surface area (Å²) in [5.74, 6) is -4.27. The zero-order chi connectivity index (χ0) is 30.8. The summed E-state index contributed by atoms with van der Waals surface area (Å²) in [6.45, 7) is 2.52. The van der Waals surface area contributed by atoms with Crippen LogP contribution in [0, 0.1) is 0 Å². The molecule has 1 aliphatic heterocycles. The van der Waals surface area contributed by atoms with Gasteiger partial charge in [-0.25, -0.2) is 17.2 Å². The summed E-state index contributed by atoms with van der Waals surface area (Å²) in [4.78, 5) is 28.6. The second-order valence-corrected chi connectivity index (χ2v) is 12.4. The third kappa shape index (κ3) is 6.25. The van der Waals surface area contributed by atoms with Crippen LogP contribution < -0.4 is 20.1 Å². The summed E-state index contributed by atoms with van der Waals surface area (Å²) in [5.41, 5.74) is -0.662. The molecule has 0 aliphatic carbocycles. The van der Waals surface area contributed by atoms with Gasteiger partial charge in [-0.15, -0.1) is 11.3 Å². The van der Waals surface area contributed by atoms with Crippen LogP contribution in [0.4, 0.5) is 13.2 Å². The molecule has 0 radical (unpaired) electrons. The highest BCUT2D eigenvalue weighted by atomic mass is 32.2. The predicted octanol–water partition coefficient (Wildman–Crippen LogP) is 3.75. The topological polar surface area (TPSA) is 119 Å². The minimum absolute atomic E-state index is 0.0486. The Morgan fingerprint density at radius 1 is 1.05 bits per heavy atom. The van der Waals surface area contributed by atoms with Crippen LogP contribution in [-0.4, -0.2) is 68.6 Å². The first-order valence-corrected chi connectivity index (χ1v) is 15.4. The van der Waals surface area contributed by atoms with Crippen LogP contribution in [0.25, 0.3) is 10.9 Å². The fourth-order valence-electron chi connectivity index (χ4n) is 4.87. The molecule has 2 N–H and O–H groups in total. The van der Waals surface area contributed by atoms with Gasteiger partial charge in [0.15, 0.2) is 11.4 Å². The Bertz CT molecular complexity index is 1730. The number of ether oxygens (including phenoxy) is 2. The molecule has 2 aromatic carbocycles. The van der Waals surface area contributed by atoms with E-state index in [-0.39, 0.29) is 40.2 Å². The molecule has 1 aliphatic rings. The average Bonchev–Trinajstić information content (AvgIpc) is 3.63. The number of halogens is 3. The van der Waals surface area contributed by atoms with Gasteiger partial charge in [0.25, 0.3) is 15.9 Å². The molecule has 2 aromatic heterocycles. The SMILES string of the molecule is COc1ccc2c(c1CN1CCNCC1)c(OC(=O)C(F)(F)F)c(C(=O)NCc1cccs1)n2S(=O)(=O)c1ccccc1. The van der Waals surface area contributed by atoms with Crippen LogP contribution in [0.15, 0.2) is 64.9 Å². The molecule has 1 saturated heterocycles. The fraction of sp³-hybridized carbons (Fsp3) is 0.286. The number of methoxy groups -OCH3 is 1. The molecule has 0 unspecified atom stereocenters. The number of carbonyl (C=O) groups is 2. The number of hydrogen-bond donors (Lipinski definition) is 2. The van der Waals surface area contributed by atoms with Gasteiger partial charge in [-0.3, -0.25) is 9.69 Å². The Kier molecular flexibility index (Phi) is 8.78. The first-order valence-electron chi connectivity index (χ1n) is 13.1. The predicted molar refractivity (Wildman–Crippen MR) is 153 cm³/mol. The van der Waals surface area contributed by atoms with Gasteiger partial charge in [-0.05, 0) is 35.7 Å². The molecule has 0 atom stereocenters. The number of nitrogens with zero attached hydrogens (tertiary/aromatic N) is 2. The standard InChI is InChI=1S/C28H27F3N4O6S2/c1-40-22-10-9-21-23(20(22)17-34-13-11-32-12-14-34)25(41-27(37)28(29,30)31)24(26(36)33-16-18-6-5-15-42-18)35(21)43(38,39)19-7-3-2-4-8-19/h2-10,15,32H,11-14,16-17H2,1H3,(H,33,36). The van der Waals surface area contributed by atoms with Crippen LogP contribution in [-0.2, 0) is 27.9 Å². The van der Waals surface area contributed by atoms with E-state index in [1.165, 1.54) is 54.8 Å². The summed E-state index contributed by atoms with van der Waals surface area (Å²) in [7, 11) is -3.25. The van der Waals surface area contributed by atoms with E-state index in [0.29, 0.717) is 35.0 Å². The Morgan fingerprint density at radius 3 is 2.40 bits per heavy atom. The zero-order valence-corrected chi connectivity index (χ0v) is 24.4. The monoisotopic (exact) mass is 636 g/mol. The highest BCUT2D eigenvalue weighted by molar-refractivity contribution is 7.90. The van der Waals surface area contributed by atoms with E-state index in [2.05, 4.69) is 10.6 Å². The number of piperazine rings is 1. The lowest BCUT2D eigenvalue weighted by molar-refractivity contribution is -0.189. The van der Waals surface area contributed by atoms with Crippen molar-refractivity contribution >= 4 is 44.1 Å². The number of thiophene rings is 1. The molecular weight excluding hydrogens is 609 g/mol. The first kappa shape index (κ1) is 30.5. The van der Waals surface area contributed by atoms with Crippen molar-refractivity contribution in [1.29, 1.82) is 0 Å². The van der Waals surface area contributed by atoms with Gasteiger partial charge in [0.05, 0.1) is 29.5 Å². The molecule has 0 spiro atoms. The largest absolute Gasteiger partial charge is 0.496 e. The van der Waals surface area contributed by atoms with E-state index in [1.54, 1.807) is 23.6 Å². The molecule has 228 valence electrons. The van der Waals surface area contributed by atoms with Gasteiger partial charge >= 0.3 is 12.1 Å². The molecule has 1 fully saturated rings. The summed E-state index contributed by atoms with van der Waals surface area (Å²) in [6.07, 6.45) is -5.44. The Morgan fingerprint density at radius 2 is 1.77 bits per heavy atom. The van der Waals surface area contributed by atoms with Gasteiger partial charge in [0.1, 0.15) is 5.75 Å². The fourth-order valence-corrected chi connectivity index (χ4v) is 7.04. The maximum atomic E-state index is 14.1. The van der Waals surface area contributed by atoms with Crippen LogP contribution in [0.2, 0.25) is 0 Å². The smallest absolute Gasteiger partial charge is 0.491 e. The van der Waals surface area contributed by atoms with Crippen molar-refractivity contribution < 1.29 is 40.7 Å². The molecule has 1 amide bonds. The molecule has 5 rings (SSSR count). The number of rotatable bonds is 9. The van der Waals surface area contributed by atoms with Gasteiger partial charge in [0, 0.05) is 43.2 Å². The van der Waals surface area contributed by atoms with Crippen molar-refractivity contribution in [2.45, 2.75) is 24.2 Å². The van der Waals surface area contributed by atoms with Crippen molar-refractivity contribution in [3.8, 4) is 11.5 Å². The highest BCUT2D eigenvalue weighted by Gasteiger charge is 2.44. The molecule has 10 nitrogen and oxygen atoms in total. The molecule has 3 heterocycles. The van der Waals surface area contributed by atoms with Crippen molar-refractivity contribution in [2.24, 2.45) is 0 Å². The number of alkyl halides is 3. The van der Waals surface area contributed by atoms with Crippen molar-refractivity contribution in [2.75, 3.05) is 33.3 Å². The Hall–Kier alpha value is -3.92. The number of hydrogen-bond acceptors (Lipinski definition) is 9. The van der Waals surface area contributed by atoms with E-state index >= 15 is 0 Å². The van der Waals surface area contributed by atoms with Gasteiger partial charge in [-0.2, -0.15) is 13.2 Å². The van der Waals surface area contributed by atoms with E-state index < -0.39 is 39.5 Å². The van der Waals surface area contributed by atoms with Crippen LogP contribution >= 0.6 is 11.3 Å². The van der Waals surface area contributed by atoms with Crippen molar-refractivity contribution in [3.05, 3.63) is 76.1 Å². The zero-order valence-electron chi connectivity index (χ0n) is 22.8. The van der Waals surface area contributed by atoms with Gasteiger partial charge in [0.2, 0.25) is 0 Å². The normalized spacial score (nSPS) is 14.5. The number of fused-ring (bicyclic) bond motifs is 1. The third-order valence-corrected chi connectivity index (χ3v) is 9.45.